The van der Waals surface area contributed by atoms with Crippen molar-refractivity contribution in [2.75, 3.05) is 29.9 Å². The Morgan fingerprint density at radius 2 is 2.28 bits per heavy atom. The number of aromatic amines is 1. The number of likely N-dealkylation sites (N-methyl/N-ethyl adjacent to an activating group) is 1. The molecule has 25 heavy (non-hydrogen) atoms. The fraction of sp³-hybridized carbons (Fsp3) is 0.294. The number of nitrogens with one attached hydrogen (secondary N) is 1. The van der Waals surface area contributed by atoms with Gasteiger partial charge in [-0.2, -0.15) is 5.26 Å². The molecule has 1 aliphatic rings. The third kappa shape index (κ3) is 2.63. The van der Waals surface area contributed by atoms with Crippen LogP contribution >= 0.6 is 0 Å². The van der Waals surface area contributed by atoms with Gasteiger partial charge < -0.3 is 14.8 Å². The number of fused-ring (bicyclic) bond motifs is 1. The second kappa shape index (κ2) is 6.02. The second-order valence-electron chi connectivity index (χ2n) is 6.08. The number of H-pyrrole nitrogens is 1. The molecule has 0 saturated carbocycles. The molecule has 1 fully saturated rings. The van der Waals surface area contributed by atoms with E-state index in [1.165, 1.54) is 12.3 Å². The van der Waals surface area contributed by atoms with E-state index in [9.17, 15) is 4.39 Å². The van der Waals surface area contributed by atoms with Crippen LogP contribution in [-0.2, 0) is 0 Å². The van der Waals surface area contributed by atoms with Crippen LogP contribution in [0.5, 0.6) is 0 Å². The van der Waals surface area contributed by atoms with E-state index >= 15 is 0 Å². The maximum Gasteiger partial charge on any atom is 0.166 e. The number of nitrogens with zero attached hydrogens (tertiary/aromatic N) is 6. The first-order chi connectivity index (χ1) is 12.2. The summed E-state index contributed by atoms with van der Waals surface area (Å²) in [6.07, 6.45) is 5.66. The number of anilines is 2. The highest BCUT2D eigenvalue weighted by atomic mass is 19.1. The standard InChI is InChI=1S/C17H16FN7/c1-24(17-14(18)6-11(7-19)8-21-17)12-3-5-25(9-12)16-13-2-4-20-15(13)22-10-23-16/h2,4,6,8,10,12H,3,5,9H2,1H3,(H,20,22,23)/t12-/m1/s1. The maximum atomic E-state index is 14.2. The number of aromatic nitrogens is 4. The predicted molar refractivity (Wildman–Crippen MR) is 91.8 cm³/mol. The molecule has 4 rings (SSSR count). The van der Waals surface area contributed by atoms with Crippen molar-refractivity contribution in [3.63, 3.8) is 0 Å². The highest BCUT2D eigenvalue weighted by Gasteiger charge is 2.29. The summed E-state index contributed by atoms with van der Waals surface area (Å²) in [6, 6.07) is 5.19. The van der Waals surface area contributed by atoms with Gasteiger partial charge in [0, 0.05) is 38.6 Å². The lowest BCUT2D eigenvalue weighted by molar-refractivity contribution is 0.596. The molecular weight excluding hydrogens is 321 g/mol. The van der Waals surface area contributed by atoms with Crippen molar-refractivity contribution in [1.82, 2.24) is 19.9 Å². The molecule has 0 radical (unpaired) electrons. The Morgan fingerprint density at radius 3 is 3.08 bits per heavy atom. The van der Waals surface area contributed by atoms with Gasteiger partial charge in [-0.15, -0.1) is 0 Å². The summed E-state index contributed by atoms with van der Waals surface area (Å²) in [7, 11) is 1.83. The van der Waals surface area contributed by atoms with Crippen LogP contribution in [-0.4, -0.2) is 46.1 Å². The van der Waals surface area contributed by atoms with E-state index < -0.39 is 5.82 Å². The monoisotopic (exact) mass is 337 g/mol. The molecule has 1 aliphatic heterocycles. The van der Waals surface area contributed by atoms with Crippen LogP contribution in [0, 0.1) is 17.1 Å². The molecule has 126 valence electrons. The first-order valence-corrected chi connectivity index (χ1v) is 7.99. The molecule has 0 spiro atoms. The Kier molecular flexibility index (Phi) is 3.69. The molecule has 1 saturated heterocycles. The zero-order valence-electron chi connectivity index (χ0n) is 13.6. The van der Waals surface area contributed by atoms with Crippen molar-refractivity contribution >= 4 is 22.7 Å². The Bertz CT molecular complexity index is 961. The Balaban J connectivity index is 1.56. The summed E-state index contributed by atoms with van der Waals surface area (Å²) in [5.74, 6) is 0.672. The molecular formula is C17H16FN7. The van der Waals surface area contributed by atoms with Gasteiger partial charge in [0.15, 0.2) is 11.6 Å². The van der Waals surface area contributed by atoms with Crippen LogP contribution < -0.4 is 9.80 Å². The minimum absolute atomic E-state index is 0.110. The van der Waals surface area contributed by atoms with Gasteiger partial charge in [-0.25, -0.2) is 19.3 Å². The largest absolute Gasteiger partial charge is 0.354 e. The summed E-state index contributed by atoms with van der Waals surface area (Å²) in [5.41, 5.74) is 1.03. The smallest absolute Gasteiger partial charge is 0.166 e. The number of pyridine rings is 1. The number of nitriles is 1. The number of hydrogen-bond acceptors (Lipinski definition) is 6. The van der Waals surface area contributed by atoms with E-state index in [0.29, 0.717) is 0 Å². The van der Waals surface area contributed by atoms with Crippen molar-refractivity contribution in [3.8, 4) is 6.07 Å². The van der Waals surface area contributed by atoms with E-state index in [0.717, 1.165) is 36.4 Å². The SMILES string of the molecule is CN(c1ncc(C#N)cc1F)[C@@H]1CCN(c2ncnc3[nH]ccc23)C1. The van der Waals surface area contributed by atoms with Crippen molar-refractivity contribution in [1.29, 1.82) is 5.26 Å². The van der Waals surface area contributed by atoms with Gasteiger partial charge in [-0.1, -0.05) is 0 Å². The van der Waals surface area contributed by atoms with Crippen molar-refractivity contribution in [3.05, 3.63) is 42.2 Å². The normalized spacial score (nSPS) is 17.0. The number of rotatable bonds is 3. The highest BCUT2D eigenvalue weighted by molar-refractivity contribution is 5.87. The molecule has 8 heteroatoms. The maximum absolute atomic E-state index is 14.2. The van der Waals surface area contributed by atoms with E-state index in [-0.39, 0.29) is 17.4 Å². The molecule has 7 nitrogen and oxygen atoms in total. The Labute approximate surface area is 143 Å². The average Bonchev–Trinajstić information content (AvgIpc) is 3.30. The summed E-state index contributed by atoms with van der Waals surface area (Å²) in [4.78, 5) is 19.9. The second-order valence-corrected chi connectivity index (χ2v) is 6.08. The molecule has 3 aromatic rings. The quantitative estimate of drug-likeness (QED) is 0.788. The van der Waals surface area contributed by atoms with Gasteiger partial charge in [-0.05, 0) is 18.6 Å². The Hall–Kier alpha value is -3.21. The third-order valence-corrected chi connectivity index (χ3v) is 4.63. The van der Waals surface area contributed by atoms with Crippen LogP contribution in [0.1, 0.15) is 12.0 Å². The van der Waals surface area contributed by atoms with Gasteiger partial charge in [0.1, 0.15) is 23.9 Å². The predicted octanol–water partition coefficient (Wildman–Crippen LogP) is 2.08. The van der Waals surface area contributed by atoms with Crippen LogP contribution in [0.2, 0.25) is 0 Å². The van der Waals surface area contributed by atoms with Crippen LogP contribution in [0.4, 0.5) is 16.0 Å². The molecule has 1 atom stereocenters. The topological polar surface area (TPSA) is 84.7 Å². The minimum atomic E-state index is -0.477. The summed E-state index contributed by atoms with van der Waals surface area (Å²) >= 11 is 0. The highest BCUT2D eigenvalue weighted by Crippen LogP contribution is 2.28. The lowest BCUT2D eigenvalue weighted by atomic mass is 10.2. The Morgan fingerprint density at radius 1 is 1.40 bits per heavy atom. The molecule has 0 unspecified atom stereocenters. The van der Waals surface area contributed by atoms with Crippen molar-refractivity contribution in [2.45, 2.75) is 12.5 Å². The lowest BCUT2D eigenvalue weighted by Gasteiger charge is -2.26. The molecule has 1 N–H and O–H groups in total. The minimum Gasteiger partial charge on any atom is -0.354 e. The van der Waals surface area contributed by atoms with Gasteiger partial charge in [0.25, 0.3) is 0 Å². The van der Waals surface area contributed by atoms with E-state index in [1.807, 2.05) is 30.3 Å². The fourth-order valence-corrected chi connectivity index (χ4v) is 3.29. The molecule has 4 heterocycles. The zero-order chi connectivity index (χ0) is 17.4. The third-order valence-electron chi connectivity index (χ3n) is 4.63. The zero-order valence-corrected chi connectivity index (χ0v) is 13.6. The van der Waals surface area contributed by atoms with E-state index in [1.54, 1.807) is 6.33 Å². The fourth-order valence-electron chi connectivity index (χ4n) is 3.29. The van der Waals surface area contributed by atoms with Crippen LogP contribution in [0.15, 0.2) is 30.9 Å². The molecule has 0 aromatic carbocycles. The molecule has 0 bridgehead atoms. The molecule has 0 amide bonds. The van der Waals surface area contributed by atoms with Crippen LogP contribution in [0.3, 0.4) is 0 Å². The van der Waals surface area contributed by atoms with E-state index in [2.05, 4.69) is 24.8 Å². The summed E-state index contributed by atoms with van der Waals surface area (Å²) < 4.78 is 14.2. The van der Waals surface area contributed by atoms with Crippen LogP contribution in [0.25, 0.3) is 11.0 Å². The first-order valence-electron chi connectivity index (χ1n) is 7.99. The summed E-state index contributed by atoms with van der Waals surface area (Å²) in [5, 5.41) is 9.82. The average molecular weight is 337 g/mol. The number of hydrogen-bond donors (Lipinski definition) is 1. The van der Waals surface area contributed by atoms with Gasteiger partial charge in [-0.3, -0.25) is 0 Å². The van der Waals surface area contributed by atoms with Gasteiger partial charge in [0.2, 0.25) is 0 Å². The molecule has 3 aromatic heterocycles. The van der Waals surface area contributed by atoms with Crippen molar-refractivity contribution in [2.24, 2.45) is 0 Å². The molecule has 0 aliphatic carbocycles. The van der Waals surface area contributed by atoms with Gasteiger partial charge in [0.05, 0.1) is 10.9 Å². The van der Waals surface area contributed by atoms with Gasteiger partial charge >= 0.3 is 0 Å². The van der Waals surface area contributed by atoms with E-state index in [4.69, 9.17) is 5.26 Å². The lowest BCUT2D eigenvalue weighted by Crippen LogP contribution is -2.35. The first kappa shape index (κ1) is 15.3. The van der Waals surface area contributed by atoms with Crippen molar-refractivity contribution < 1.29 is 4.39 Å². The summed E-state index contributed by atoms with van der Waals surface area (Å²) in [6.45, 7) is 1.54. The number of halogens is 1.